The first kappa shape index (κ1) is 11.1. The van der Waals surface area contributed by atoms with Crippen molar-refractivity contribution >= 4 is 33.8 Å². The molecule has 1 heterocycles. The van der Waals surface area contributed by atoms with Crippen molar-refractivity contribution in [1.29, 1.82) is 0 Å². The Morgan fingerprint density at radius 2 is 2.57 bits per heavy atom. The van der Waals surface area contributed by atoms with Crippen LogP contribution in [-0.4, -0.2) is 16.6 Å². The van der Waals surface area contributed by atoms with Gasteiger partial charge in [-0.1, -0.05) is 12.2 Å². The Kier molecular flexibility index (Phi) is 5.17. The summed E-state index contributed by atoms with van der Waals surface area (Å²) in [5.74, 6) is 0. The Hall–Kier alpha value is -0.940. The normalized spacial score (nSPS) is 10.4. The molecule has 76 valence electrons. The van der Waals surface area contributed by atoms with Crippen molar-refractivity contribution in [2.75, 3.05) is 11.9 Å². The number of aromatic nitrogens is 1. The molecule has 14 heavy (non-hydrogen) atoms. The molecule has 0 aliphatic rings. The minimum absolute atomic E-state index is 0.629. The van der Waals surface area contributed by atoms with Crippen LogP contribution in [0.4, 0.5) is 5.13 Å². The standard InChI is InChI=1S/C9H13N3S2/c1-2-3-4-5-10-8(13)12-9-11-6-7-14-9/h2-3,6-7H,4-5H2,1H3,(H2,10,11,12,13)/b3-2-. The number of thiazole rings is 1. The van der Waals surface area contributed by atoms with Gasteiger partial charge < -0.3 is 10.6 Å². The molecule has 0 saturated carbocycles. The summed E-state index contributed by atoms with van der Waals surface area (Å²) >= 11 is 6.60. The maximum atomic E-state index is 5.07. The predicted octanol–water partition coefficient (Wildman–Crippen LogP) is 2.40. The second-order valence-electron chi connectivity index (χ2n) is 2.58. The zero-order chi connectivity index (χ0) is 10.2. The summed E-state index contributed by atoms with van der Waals surface area (Å²) in [6.07, 6.45) is 6.85. The van der Waals surface area contributed by atoms with Crippen LogP contribution in [-0.2, 0) is 0 Å². The zero-order valence-corrected chi connectivity index (χ0v) is 9.62. The number of nitrogens with one attached hydrogen (secondary N) is 2. The van der Waals surface area contributed by atoms with Crippen molar-refractivity contribution < 1.29 is 0 Å². The Morgan fingerprint density at radius 1 is 1.71 bits per heavy atom. The molecule has 1 aromatic heterocycles. The van der Waals surface area contributed by atoms with E-state index < -0.39 is 0 Å². The summed E-state index contributed by atoms with van der Waals surface area (Å²) in [6.45, 7) is 2.85. The quantitative estimate of drug-likeness (QED) is 0.470. The van der Waals surface area contributed by atoms with Crippen LogP contribution in [0.2, 0.25) is 0 Å². The molecule has 0 unspecified atom stereocenters. The van der Waals surface area contributed by atoms with E-state index in [-0.39, 0.29) is 0 Å². The SMILES string of the molecule is C/C=C\CCNC(=S)Nc1nccs1. The lowest BCUT2D eigenvalue weighted by atomic mass is 10.4. The topological polar surface area (TPSA) is 37.0 Å². The molecule has 0 amide bonds. The number of thiocarbonyl (C=S) groups is 1. The van der Waals surface area contributed by atoms with Crippen LogP contribution in [0, 0.1) is 0 Å². The van der Waals surface area contributed by atoms with E-state index in [1.807, 2.05) is 18.4 Å². The molecule has 0 atom stereocenters. The Morgan fingerprint density at radius 3 is 3.21 bits per heavy atom. The molecule has 0 aromatic carbocycles. The largest absolute Gasteiger partial charge is 0.362 e. The van der Waals surface area contributed by atoms with Crippen LogP contribution in [0.1, 0.15) is 13.3 Å². The average Bonchev–Trinajstić information content (AvgIpc) is 2.65. The number of allylic oxidation sites excluding steroid dienone is 1. The van der Waals surface area contributed by atoms with Gasteiger partial charge in [-0.2, -0.15) is 0 Å². The van der Waals surface area contributed by atoms with Crippen molar-refractivity contribution in [2.24, 2.45) is 0 Å². The summed E-state index contributed by atoms with van der Waals surface area (Å²) in [7, 11) is 0. The number of hydrogen-bond donors (Lipinski definition) is 2. The van der Waals surface area contributed by atoms with Gasteiger partial charge in [-0.05, 0) is 25.6 Å². The molecule has 1 rings (SSSR count). The van der Waals surface area contributed by atoms with Crippen molar-refractivity contribution in [2.45, 2.75) is 13.3 Å². The van der Waals surface area contributed by atoms with Crippen LogP contribution < -0.4 is 10.6 Å². The first-order chi connectivity index (χ1) is 6.83. The maximum absolute atomic E-state index is 5.07. The lowest BCUT2D eigenvalue weighted by Crippen LogP contribution is -2.28. The minimum atomic E-state index is 0.629. The molecule has 3 nitrogen and oxygen atoms in total. The zero-order valence-electron chi connectivity index (χ0n) is 7.99. The highest BCUT2D eigenvalue weighted by molar-refractivity contribution is 7.80. The van der Waals surface area contributed by atoms with E-state index in [1.165, 1.54) is 11.3 Å². The smallest absolute Gasteiger partial charge is 0.188 e. The van der Waals surface area contributed by atoms with Crippen LogP contribution in [0.5, 0.6) is 0 Å². The van der Waals surface area contributed by atoms with Gasteiger partial charge in [0.25, 0.3) is 0 Å². The Bertz CT molecular complexity index is 293. The van der Waals surface area contributed by atoms with Gasteiger partial charge in [0.05, 0.1) is 0 Å². The summed E-state index contributed by atoms with van der Waals surface area (Å²) in [5, 5.41) is 9.46. The maximum Gasteiger partial charge on any atom is 0.188 e. The monoisotopic (exact) mass is 227 g/mol. The van der Waals surface area contributed by atoms with E-state index >= 15 is 0 Å². The highest BCUT2D eigenvalue weighted by Crippen LogP contribution is 2.09. The lowest BCUT2D eigenvalue weighted by molar-refractivity contribution is 0.897. The first-order valence-corrected chi connectivity index (χ1v) is 5.67. The molecular weight excluding hydrogens is 214 g/mol. The van der Waals surface area contributed by atoms with Gasteiger partial charge in [0.15, 0.2) is 10.2 Å². The Balaban J connectivity index is 2.17. The minimum Gasteiger partial charge on any atom is -0.362 e. The molecule has 0 aliphatic heterocycles. The van der Waals surface area contributed by atoms with Crippen molar-refractivity contribution in [3.05, 3.63) is 23.7 Å². The van der Waals surface area contributed by atoms with Gasteiger partial charge in [-0.3, -0.25) is 0 Å². The molecule has 5 heteroatoms. The van der Waals surface area contributed by atoms with Gasteiger partial charge >= 0.3 is 0 Å². The fourth-order valence-corrected chi connectivity index (χ4v) is 1.66. The van der Waals surface area contributed by atoms with E-state index in [4.69, 9.17) is 12.2 Å². The van der Waals surface area contributed by atoms with Gasteiger partial charge in [0, 0.05) is 18.1 Å². The summed E-state index contributed by atoms with van der Waals surface area (Å²) in [4.78, 5) is 4.07. The summed E-state index contributed by atoms with van der Waals surface area (Å²) < 4.78 is 0. The first-order valence-electron chi connectivity index (χ1n) is 4.38. The summed E-state index contributed by atoms with van der Waals surface area (Å²) in [5.41, 5.74) is 0. The molecule has 0 spiro atoms. The molecule has 2 N–H and O–H groups in total. The third kappa shape index (κ3) is 4.34. The van der Waals surface area contributed by atoms with Gasteiger partial charge in [-0.15, -0.1) is 11.3 Å². The Labute approximate surface area is 93.2 Å². The van der Waals surface area contributed by atoms with Gasteiger partial charge in [0.2, 0.25) is 0 Å². The third-order valence-electron chi connectivity index (χ3n) is 1.49. The molecule has 0 radical (unpaired) electrons. The fourth-order valence-electron chi connectivity index (χ4n) is 0.862. The van der Waals surface area contributed by atoms with Crippen molar-refractivity contribution in [1.82, 2.24) is 10.3 Å². The molecule has 0 bridgehead atoms. The van der Waals surface area contributed by atoms with Crippen molar-refractivity contribution in [3.63, 3.8) is 0 Å². The van der Waals surface area contributed by atoms with E-state index in [2.05, 4.69) is 21.7 Å². The molecule has 0 fully saturated rings. The second-order valence-corrected chi connectivity index (χ2v) is 3.88. The number of hydrogen-bond acceptors (Lipinski definition) is 3. The fraction of sp³-hybridized carbons (Fsp3) is 0.333. The van der Waals surface area contributed by atoms with Crippen LogP contribution in [0.15, 0.2) is 23.7 Å². The summed E-state index contributed by atoms with van der Waals surface area (Å²) in [6, 6.07) is 0. The second kappa shape index (κ2) is 6.50. The molecule has 0 saturated heterocycles. The van der Waals surface area contributed by atoms with E-state index in [0.29, 0.717) is 5.11 Å². The van der Waals surface area contributed by atoms with E-state index in [0.717, 1.165) is 18.1 Å². The highest BCUT2D eigenvalue weighted by Gasteiger charge is 1.97. The lowest BCUT2D eigenvalue weighted by Gasteiger charge is -2.06. The number of nitrogens with zero attached hydrogens (tertiary/aromatic N) is 1. The van der Waals surface area contributed by atoms with Crippen LogP contribution >= 0.6 is 23.6 Å². The van der Waals surface area contributed by atoms with Crippen molar-refractivity contribution in [3.8, 4) is 0 Å². The van der Waals surface area contributed by atoms with Crippen LogP contribution in [0.3, 0.4) is 0 Å². The number of rotatable bonds is 4. The molecule has 0 aliphatic carbocycles. The van der Waals surface area contributed by atoms with E-state index in [1.54, 1.807) is 6.20 Å². The predicted molar refractivity (Wildman–Crippen MR) is 65.8 cm³/mol. The molecule has 1 aromatic rings. The number of anilines is 1. The molecular formula is C9H13N3S2. The van der Waals surface area contributed by atoms with Crippen LogP contribution in [0.25, 0.3) is 0 Å². The third-order valence-corrected chi connectivity index (χ3v) is 2.42. The van der Waals surface area contributed by atoms with E-state index in [9.17, 15) is 0 Å². The van der Waals surface area contributed by atoms with Gasteiger partial charge in [-0.25, -0.2) is 4.98 Å². The van der Waals surface area contributed by atoms with Gasteiger partial charge in [0.1, 0.15) is 0 Å². The average molecular weight is 227 g/mol. The highest BCUT2D eigenvalue weighted by atomic mass is 32.1.